The Labute approximate surface area is 129 Å². The molecule has 0 atom stereocenters. The number of rotatable bonds is 4. The van der Waals surface area contributed by atoms with Gasteiger partial charge in [0.1, 0.15) is 5.83 Å². The van der Waals surface area contributed by atoms with E-state index < -0.39 is 5.83 Å². The van der Waals surface area contributed by atoms with Gasteiger partial charge in [-0.1, -0.05) is 40.0 Å². The first kappa shape index (κ1) is 17.9. The Balaban J connectivity index is 2.71. The summed E-state index contributed by atoms with van der Waals surface area (Å²) >= 11 is 0. The van der Waals surface area contributed by atoms with Crippen LogP contribution in [-0.2, 0) is 0 Å². The van der Waals surface area contributed by atoms with Crippen molar-refractivity contribution >= 4 is 5.71 Å². The maximum atomic E-state index is 12.7. The minimum atomic E-state index is -0.458. The second kappa shape index (κ2) is 6.72. The van der Waals surface area contributed by atoms with Crippen LogP contribution < -0.4 is 0 Å². The average molecular weight is 291 g/mol. The third-order valence-electron chi connectivity index (χ3n) is 4.66. The van der Waals surface area contributed by atoms with Crippen LogP contribution in [0.5, 0.6) is 0 Å². The number of nitrogens with zero attached hydrogens (tertiary/aromatic N) is 1. The van der Waals surface area contributed by atoms with E-state index in [1.807, 2.05) is 6.92 Å². The summed E-state index contributed by atoms with van der Waals surface area (Å²) in [5, 5.41) is 0. The van der Waals surface area contributed by atoms with Gasteiger partial charge < -0.3 is 0 Å². The van der Waals surface area contributed by atoms with Crippen LogP contribution in [0.3, 0.4) is 0 Å². The molecule has 21 heavy (non-hydrogen) atoms. The Morgan fingerprint density at radius 3 is 2.14 bits per heavy atom. The summed E-state index contributed by atoms with van der Waals surface area (Å²) in [6.07, 6.45) is 7.64. The molecule has 1 saturated carbocycles. The zero-order chi connectivity index (χ0) is 16.3. The summed E-state index contributed by atoms with van der Waals surface area (Å²) in [4.78, 5) is 4.88. The summed E-state index contributed by atoms with van der Waals surface area (Å²) < 4.78 is 12.7. The number of halogens is 1. The second-order valence-corrected chi connectivity index (χ2v) is 7.64. The smallest absolute Gasteiger partial charge is 0.116 e. The van der Waals surface area contributed by atoms with Crippen LogP contribution in [0.2, 0.25) is 0 Å². The molecule has 0 aromatic rings. The first-order valence-corrected chi connectivity index (χ1v) is 7.82. The number of aliphatic imine (C=N–C) groups is 1. The van der Waals surface area contributed by atoms with Crippen LogP contribution in [0.1, 0.15) is 60.3 Å². The largest absolute Gasteiger partial charge is 0.283 e. The van der Waals surface area contributed by atoms with E-state index in [0.29, 0.717) is 5.41 Å². The fraction of sp³-hybridized carbons (Fsp3) is 0.632. The highest BCUT2D eigenvalue weighted by Crippen LogP contribution is 2.42. The van der Waals surface area contributed by atoms with Crippen LogP contribution in [0.4, 0.5) is 4.39 Å². The molecule has 1 fully saturated rings. The lowest BCUT2D eigenvalue weighted by atomic mass is 9.68. The Morgan fingerprint density at radius 2 is 1.71 bits per heavy atom. The number of hydrogen-bond donors (Lipinski definition) is 0. The summed E-state index contributed by atoms with van der Waals surface area (Å²) in [5.41, 5.74) is 2.03. The molecular formula is C19H30FN. The summed E-state index contributed by atoms with van der Waals surface area (Å²) in [5.74, 6) is 0.319. The molecular weight excluding hydrogens is 261 g/mol. The van der Waals surface area contributed by atoms with E-state index in [0.717, 1.165) is 30.0 Å². The molecule has 0 aromatic heterocycles. The lowest BCUT2D eigenvalue weighted by Gasteiger charge is -2.40. The van der Waals surface area contributed by atoms with Gasteiger partial charge >= 0.3 is 0 Å². The minimum Gasteiger partial charge on any atom is -0.283 e. The summed E-state index contributed by atoms with van der Waals surface area (Å²) in [6, 6.07) is 0. The maximum Gasteiger partial charge on any atom is 0.116 e. The predicted molar refractivity (Wildman–Crippen MR) is 91.5 cm³/mol. The van der Waals surface area contributed by atoms with E-state index in [1.54, 1.807) is 6.08 Å². The Kier molecular flexibility index (Phi) is 5.72. The molecule has 0 saturated heterocycles. The van der Waals surface area contributed by atoms with Gasteiger partial charge in [-0.05, 0) is 62.5 Å². The van der Waals surface area contributed by atoms with Crippen LogP contribution in [0.15, 0.2) is 41.7 Å². The van der Waals surface area contributed by atoms with Gasteiger partial charge in [0.05, 0.1) is 5.54 Å². The normalized spacial score (nSPS) is 27.9. The van der Waals surface area contributed by atoms with Crippen molar-refractivity contribution in [3.05, 3.63) is 36.7 Å². The molecule has 0 unspecified atom stereocenters. The molecule has 0 N–H and O–H groups in total. The standard InChI is InChI=1S/C19H30FN/c1-14(8-9-15(2)20)16(3)21-19(7)12-10-17(11-13-19)18(4,5)6/h8-9,17H,1-2,10-13H2,3-7H3. The third-order valence-corrected chi connectivity index (χ3v) is 4.66. The van der Waals surface area contributed by atoms with E-state index in [-0.39, 0.29) is 5.54 Å². The summed E-state index contributed by atoms with van der Waals surface area (Å²) in [7, 11) is 0. The highest BCUT2D eigenvalue weighted by atomic mass is 19.1. The van der Waals surface area contributed by atoms with Crippen molar-refractivity contribution in [2.45, 2.75) is 65.8 Å². The molecule has 1 nitrogen and oxygen atoms in total. The lowest BCUT2D eigenvalue weighted by molar-refractivity contribution is 0.142. The van der Waals surface area contributed by atoms with E-state index >= 15 is 0 Å². The van der Waals surface area contributed by atoms with Gasteiger partial charge in [-0.2, -0.15) is 0 Å². The molecule has 0 aromatic carbocycles. The summed E-state index contributed by atoms with van der Waals surface area (Å²) in [6.45, 7) is 18.3. The Hall–Kier alpha value is -1.18. The minimum absolute atomic E-state index is 0.00463. The molecule has 0 spiro atoms. The quantitative estimate of drug-likeness (QED) is 0.442. The molecule has 0 radical (unpaired) electrons. The van der Waals surface area contributed by atoms with Crippen molar-refractivity contribution in [2.75, 3.05) is 0 Å². The van der Waals surface area contributed by atoms with E-state index in [1.165, 1.54) is 18.9 Å². The molecule has 1 aliphatic rings. The fourth-order valence-corrected chi connectivity index (χ4v) is 3.01. The van der Waals surface area contributed by atoms with Crippen LogP contribution in [0, 0.1) is 11.3 Å². The Morgan fingerprint density at radius 1 is 1.19 bits per heavy atom. The van der Waals surface area contributed by atoms with Gasteiger partial charge in [0, 0.05) is 5.71 Å². The molecule has 0 amide bonds. The van der Waals surface area contributed by atoms with Gasteiger partial charge in [-0.3, -0.25) is 4.99 Å². The van der Waals surface area contributed by atoms with Crippen molar-refractivity contribution in [3.63, 3.8) is 0 Å². The molecule has 0 bridgehead atoms. The third kappa shape index (κ3) is 5.61. The first-order chi connectivity index (χ1) is 9.53. The van der Waals surface area contributed by atoms with Crippen molar-refractivity contribution in [1.82, 2.24) is 0 Å². The van der Waals surface area contributed by atoms with Crippen molar-refractivity contribution < 1.29 is 4.39 Å². The second-order valence-electron chi connectivity index (χ2n) is 7.64. The maximum absolute atomic E-state index is 12.7. The number of hydrogen-bond acceptors (Lipinski definition) is 1. The van der Waals surface area contributed by atoms with Crippen LogP contribution in [0.25, 0.3) is 0 Å². The topological polar surface area (TPSA) is 12.4 Å². The highest BCUT2D eigenvalue weighted by Gasteiger charge is 2.35. The number of allylic oxidation sites excluding steroid dienone is 4. The zero-order valence-electron chi connectivity index (χ0n) is 14.3. The van der Waals surface area contributed by atoms with E-state index in [4.69, 9.17) is 4.99 Å². The first-order valence-electron chi connectivity index (χ1n) is 7.82. The van der Waals surface area contributed by atoms with Crippen LogP contribution >= 0.6 is 0 Å². The molecule has 118 valence electrons. The van der Waals surface area contributed by atoms with Gasteiger partial charge in [-0.25, -0.2) is 4.39 Å². The van der Waals surface area contributed by atoms with Gasteiger partial charge in [0.15, 0.2) is 0 Å². The predicted octanol–water partition coefficient (Wildman–Crippen LogP) is 6.04. The monoisotopic (exact) mass is 291 g/mol. The SMILES string of the molecule is C=C(F)C=CC(=C)C(C)=NC1(C)CCC(C(C)(C)C)CC1. The van der Waals surface area contributed by atoms with Gasteiger partial charge in [0.2, 0.25) is 0 Å². The van der Waals surface area contributed by atoms with E-state index in [9.17, 15) is 4.39 Å². The zero-order valence-corrected chi connectivity index (χ0v) is 14.3. The lowest BCUT2D eigenvalue weighted by Crippen LogP contribution is -2.34. The van der Waals surface area contributed by atoms with E-state index in [2.05, 4.69) is 40.9 Å². The molecule has 0 heterocycles. The molecule has 1 aliphatic carbocycles. The molecule has 1 rings (SSSR count). The highest BCUT2D eigenvalue weighted by molar-refractivity contribution is 6.00. The van der Waals surface area contributed by atoms with Crippen LogP contribution in [-0.4, -0.2) is 11.3 Å². The Bertz CT molecular complexity index is 454. The van der Waals surface area contributed by atoms with Crippen molar-refractivity contribution in [1.29, 1.82) is 0 Å². The fourth-order valence-electron chi connectivity index (χ4n) is 3.01. The molecule has 0 aliphatic heterocycles. The average Bonchev–Trinajstić information content (AvgIpc) is 2.34. The van der Waals surface area contributed by atoms with Gasteiger partial charge in [-0.15, -0.1) is 0 Å². The van der Waals surface area contributed by atoms with Crippen molar-refractivity contribution in [2.24, 2.45) is 16.3 Å². The van der Waals surface area contributed by atoms with Crippen molar-refractivity contribution in [3.8, 4) is 0 Å². The molecule has 2 heteroatoms. The van der Waals surface area contributed by atoms with Gasteiger partial charge in [0.25, 0.3) is 0 Å².